The Hall–Kier alpha value is -2.86. The monoisotopic (exact) mass is 402 g/mol. The molecule has 1 heterocycles. The molecule has 5 nitrogen and oxygen atoms in total. The molecule has 0 N–H and O–H groups in total. The highest BCUT2D eigenvalue weighted by molar-refractivity contribution is 6.30. The molecule has 0 spiro atoms. The summed E-state index contributed by atoms with van der Waals surface area (Å²) in [7, 11) is 1.59. The maximum Gasteiger partial charge on any atom is 0.240 e. The third-order valence-electron chi connectivity index (χ3n) is 4.20. The number of rotatable bonds is 7. The summed E-state index contributed by atoms with van der Waals surface area (Å²) in [5, 5.41) is 3.38. The van der Waals surface area contributed by atoms with Crippen LogP contribution in [0.3, 0.4) is 0 Å². The molecule has 0 aliphatic rings. The number of hydrogen-bond acceptors (Lipinski definition) is 4. The third kappa shape index (κ3) is 4.89. The zero-order valence-corrected chi connectivity index (χ0v) is 16.3. The van der Waals surface area contributed by atoms with Crippen molar-refractivity contribution in [3.63, 3.8) is 0 Å². The van der Waals surface area contributed by atoms with Crippen LogP contribution >= 0.6 is 11.6 Å². The standard InChI is InChI=1S/C21H20ClFN2O3/c1-14(22)21(26)25(12-15-6-8-17(23)9-7-15)13-18-11-20(28-24-18)16-4-3-5-19(10-16)27-2/h3-11,14H,12-13H2,1-2H3/t14-/m0/s1. The fourth-order valence-electron chi connectivity index (χ4n) is 2.77. The smallest absolute Gasteiger partial charge is 0.240 e. The van der Waals surface area contributed by atoms with Crippen molar-refractivity contribution >= 4 is 17.5 Å². The van der Waals surface area contributed by atoms with Gasteiger partial charge in [0.2, 0.25) is 5.91 Å². The minimum absolute atomic E-state index is 0.223. The van der Waals surface area contributed by atoms with Crippen molar-refractivity contribution in [3.8, 4) is 17.1 Å². The van der Waals surface area contributed by atoms with E-state index in [0.29, 0.717) is 17.2 Å². The van der Waals surface area contributed by atoms with Gasteiger partial charge in [-0.05, 0) is 36.8 Å². The molecular weight excluding hydrogens is 383 g/mol. The lowest BCUT2D eigenvalue weighted by molar-refractivity contribution is -0.131. The Morgan fingerprint density at radius 2 is 1.96 bits per heavy atom. The maximum absolute atomic E-state index is 13.1. The number of amides is 1. The molecule has 0 fully saturated rings. The summed E-state index contributed by atoms with van der Waals surface area (Å²) in [4.78, 5) is 14.1. The fourth-order valence-corrected chi connectivity index (χ4v) is 2.91. The normalized spacial score (nSPS) is 11.9. The molecule has 28 heavy (non-hydrogen) atoms. The molecule has 0 saturated heterocycles. The first kappa shape index (κ1) is 19.9. The highest BCUT2D eigenvalue weighted by Gasteiger charge is 2.21. The Balaban J connectivity index is 1.79. The van der Waals surface area contributed by atoms with Crippen LogP contribution in [0.5, 0.6) is 5.75 Å². The topological polar surface area (TPSA) is 55.6 Å². The molecule has 3 rings (SSSR count). The average molecular weight is 403 g/mol. The highest BCUT2D eigenvalue weighted by Crippen LogP contribution is 2.25. The number of methoxy groups -OCH3 is 1. The Bertz CT molecular complexity index is 941. The molecule has 0 radical (unpaired) electrons. The number of hydrogen-bond donors (Lipinski definition) is 0. The number of carbonyl (C=O) groups is 1. The quantitative estimate of drug-likeness (QED) is 0.540. The van der Waals surface area contributed by atoms with Gasteiger partial charge in [0.1, 0.15) is 22.6 Å². The van der Waals surface area contributed by atoms with E-state index < -0.39 is 5.38 Å². The van der Waals surface area contributed by atoms with Crippen LogP contribution in [0.1, 0.15) is 18.2 Å². The number of benzene rings is 2. The molecule has 0 aliphatic carbocycles. The summed E-state index contributed by atoms with van der Waals surface area (Å²) in [6.07, 6.45) is 0. The number of halogens is 2. The van der Waals surface area contributed by atoms with Crippen molar-refractivity contribution < 1.29 is 18.4 Å². The predicted molar refractivity (Wildman–Crippen MR) is 104 cm³/mol. The number of ether oxygens (including phenoxy) is 1. The van der Waals surface area contributed by atoms with Crippen LogP contribution in [0.25, 0.3) is 11.3 Å². The fraction of sp³-hybridized carbons (Fsp3) is 0.238. The lowest BCUT2D eigenvalue weighted by Crippen LogP contribution is -2.34. The van der Waals surface area contributed by atoms with Crippen molar-refractivity contribution in [1.29, 1.82) is 0 Å². The van der Waals surface area contributed by atoms with Crippen LogP contribution in [0, 0.1) is 5.82 Å². The molecule has 2 aromatic carbocycles. The number of aromatic nitrogens is 1. The summed E-state index contributed by atoms with van der Waals surface area (Å²) < 4.78 is 23.8. The summed E-state index contributed by atoms with van der Waals surface area (Å²) in [5.74, 6) is 0.713. The van der Waals surface area contributed by atoms with E-state index in [0.717, 1.165) is 11.1 Å². The van der Waals surface area contributed by atoms with Gasteiger partial charge in [0, 0.05) is 18.2 Å². The van der Waals surface area contributed by atoms with E-state index >= 15 is 0 Å². The van der Waals surface area contributed by atoms with Gasteiger partial charge in [0.15, 0.2) is 5.76 Å². The molecule has 1 atom stereocenters. The molecule has 7 heteroatoms. The molecule has 0 unspecified atom stereocenters. The van der Waals surface area contributed by atoms with E-state index in [1.807, 2.05) is 24.3 Å². The van der Waals surface area contributed by atoms with Gasteiger partial charge in [-0.2, -0.15) is 0 Å². The van der Waals surface area contributed by atoms with Crippen LogP contribution in [0.2, 0.25) is 0 Å². The van der Waals surface area contributed by atoms with E-state index in [9.17, 15) is 9.18 Å². The molecule has 0 saturated carbocycles. The van der Waals surface area contributed by atoms with E-state index in [1.165, 1.54) is 12.1 Å². The molecule has 1 aromatic heterocycles. The largest absolute Gasteiger partial charge is 0.497 e. The molecule has 0 bridgehead atoms. The zero-order valence-electron chi connectivity index (χ0n) is 15.6. The number of alkyl halides is 1. The molecular formula is C21H20ClFN2O3. The second-order valence-corrected chi connectivity index (χ2v) is 7.01. The number of nitrogens with zero attached hydrogens (tertiary/aromatic N) is 2. The SMILES string of the molecule is COc1cccc(-c2cc(CN(Cc3ccc(F)cc3)C(=O)[C@H](C)Cl)no2)c1. The highest BCUT2D eigenvalue weighted by atomic mass is 35.5. The van der Waals surface area contributed by atoms with Gasteiger partial charge in [-0.3, -0.25) is 4.79 Å². The van der Waals surface area contributed by atoms with Gasteiger partial charge >= 0.3 is 0 Å². The van der Waals surface area contributed by atoms with E-state index in [2.05, 4.69) is 5.16 Å². The van der Waals surface area contributed by atoms with Crippen LogP contribution < -0.4 is 4.74 Å². The van der Waals surface area contributed by atoms with Gasteiger partial charge in [0.25, 0.3) is 0 Å². The van der Waals surface area contributed by atoms with Gasteiger partial charge in [0.05, 0.1) is 13.7 Å². The molecule has 0 aliphatic heterocycles. The Labute approximate surface area is 167 Å². The van der Waals surface area contributed by atoms with Crippen molar-refractivity contribution in [2.75, 3.05) is 7.11 Å². The van der Waals surface area contributed by atoms with Gasteiger partial charge in [-0.25, -0.2) is 4.39 Å². The lowest BCUT2D eigenvalue weighted by atomic mass is 10.1. The van der Waals surface area contributed by atoms with E-state index in [-0.39, 0.29) is 24.8 Å². The van der Waals surface area contributed by atoms with Crippen LogP contribution in [-0.4, -0.2) is 28.5 Å². The van der Waals surface area contributed by atoms with Crippen molar-refractivity contribution in [3.05, 3.63) is 71.7 Å². The Morgan fingerprint density at radius 1 is 1.21 bits per heavy atom. The Kier molecular flexibility index (Phi) is 6.31. The van der Waals surface area contributed by atoms with Crippen LogP contribution in [0.15, 0.2) is 59.1 Å². The van der Waals surface area contributed by atoms with E-state index in [1.54, 1.807) is 37.1 Å². The lowest BCUT2D eigenvalue weighted by Gasteiger charge is -2.23. The summed E-state index contributed by atoms with van der Waals surface area (Å²) >= 11 is 6.01. The molecule has 146 valence electrons. The first-order valence-electron chi connectivity index (χ1n) is 8.73. The average Bonchev–Trinajstić information content (AvgIpc) is 3.17. The van der Waals surface area contributed by atoms with Gasteiger partial charge in [-0.1, -0.05) is 29.4 Å². The Morgan fingerprint density at radius 3 is 2.64 bits per heavy atom. The van der Waals surface area contributed by atoms with Gasteiger partial charge < -0.3 is 14.2 Å². The van der Waals surface area contributed by atoms with Crippen molar-refractivity contribution in [2.45, 2.75) is 25.4 Å². The molecule has 3 aromatic rings. The summed E-state index contributed by atoms with van der Waals surface area (Å²) in [5.41, 5.74) is 2.20. The third-order valence-corrected chi connectivity index (χ3v) is 4.39. The molecule has 1 amide bonds. The summed E-state index contributed by atoms with van der Waals surface area (Å²) in [6, 6.07) is 15.2. The zero-order chi connectivity index (χ0) is 20.1. The maximum atomic E-state index is 13.1. The van der Waals surface area contributed by atoms with Crippen LogP contribution in [0.4, 0.5) is 4.39 Å². The summed E-state index contributed by atoms with van der Waals surface area (Å²) in [6.45, 7) is 2.13. The van der Waals surface area contributed by atoms with Crippen molar-refractivity contribution in [1.82, 2.24) is 10.1 Å². The number of carbonyl (C=O) groups excluding carboxylic acids is 1. The van der Waals surface area contributed by atoms with E-state index in [4.69, 9.17) is 20.9 Å². The second kappa shape index (κ2) is 8.89. The first-order valence-corrected chi connectivity index (χ1v) is 9.17. The minimum atomic E-state index is -0.690. The van der Waals surface area contributed by atoms with Gasteiger partial charge in [-0.15, -0.1) is 11.6 Å². The van der Waals surface area contributed by atoms with Crippen LogP contribution in [-0.2, 0) is 17.9 Å². The minimum Gasteiger partial charge on any atom is -0.497 e. The second-order valence-electron chi connectivity index (χ2n) is 6.35. The first-order chi connectivity index (χ1) is 13.5. The predicted octanol–water partition coefficient (Wildman–Crippen LogP) is 4.65. The van der Waals surface area contributed by atoms with Crippen molar-refractivity contribution in [2.24, 2.45) is 0 Å².